The molecule has 0 bridgehead atoms. The summed E-state index contributed by atoms with van der Waals surface area (Å²) in [5.74, 6) is 1.54. The molecular weight excluding hydrogens is 240 g/mol. The standard InChI is InChI=1S/C16H22O3/c1-3-4-11-19-16-13-7-5-6-8-14(17)12(13)9-10-15(16)18-2/h5-6,9-10,14,17H,3-4,7-8,11H2,1-2H3. The van der Waals surface area contributed by atoms with Gasteiger partial charge in [0.05, 0.1) is 19.8 Å². The van der Waals surface area contributed by atoms with Gasteiger partial charge in [0.25, 0.3) is 0 Å². The molecule has 1 aliphatic carbocycles. The van der Waals surface area contributed by atoms with Crippen LogP contribution >= 0.6 is 0 Å². The van der Waals surface area contributed by atoms with Crippen molar-refractivity contribution in [3.8, 4) is 11.5 Å². The highest BCUT2D eigenvalue weighted by Gasteiger charge is 2.20. The average molecular weight is 262 g/mol. The molecule has 0 aromatic heterocycles. The highest BCUT2D eigenvalue weighted by Crippen LogP contribution is 2.38. The molecule has 1 unspecified atom stereocenters. The van der Waals surface area contributed by atoms with Gasteiger partial charge < -0.3 is 14.6 Å². The highest BCUT2D eigenvalue weighted by atomic mass is 16.5. The number of methoxy groups -OCH3 is 1. The molecule has 19 heavy (non-hydrogen) atoms. The van der Waals surface area contributed by atoms with Gasteiger partial charge in [-0.2, -0.15) is 0 Å². The summed E-state index contributed by atoms with van der Waals surface area (Å²) in [5.41, 5.74) is 2.01. The lowest BCUT2D eigenvalue weighted by atomic mass is 9.99. The normalized spacial score (nSPS) is 17.7. The monoisotopic (exact) mass is 262 g/mol. The fourth-order valence-corrected chi connectivity index (χ4v) is 2.34. The summed E-state index contributed by atoms with van der Waals surface area (Å²) in [6.07, 6.45) is 7.21. The third kappa shape index (κ3) is 3.10. The smallest absolute Gasteiger partial charge is 0.165 e. The minimum atomic E-state index is -0.451. The maximum Gasteiger partial charge on any atom is 0.165 e. The van der Waals surface area contributed by atoms with Crippen molar-refractivity contribution in [3.63, 3.8) is 0 Å². The number of aliphatic hydroxyl groups excluding tert-OH is 1. The van der Waals surface area contributed by atoms with Crippen LogP contribution in [0, 0.1) is 0 Å². The predicted molar refractivity (Wildman–Crippen MR) is 75.8 cm³/mol. The minimum absolute atomic E-state index is 0.451. The summed E-state index contributed by atoms with van der Waals surface area (Å²) in [4.78, 5) is 0. The van der Waals surface area contributed by atoms with Gasteiger partial charge in [0.2, 0.25) is 0 Å². The van der Waals surface area contributed by atoms with Crippen LogP contribution in [0.4, 0.5) is 0 Å². The number of aliphatic hydroxyl groups is 1. The number of rotatable bonds is 5. The molecular formula is C16H22O3. The van der Waals surface area contributed by atoms with Gasteiger partial charge in [-0.1, -0.05) is 31.6 Å². The van der Waals surface area contributed by atoms with E-state index in [1.165, 1.54) is 0 Å². The van der Waals surface area contributed by atoms with Gasteiger partial charge in [0.1, 0.15) is 0 Å². The lowest BCUT2D eigenvalue weighted by molar-refractivity contribution is 0.180. The van der Waals surface area contributed by atoms with E-state index in [0.29, 0.717) is 13.0 Å². The Morgan fingerprint density at radius 1 is 1.32 bits per heavy atom. The van der Waals surface area contributed by atoms with Crippen LogP contribution in [0.2, 0.25) is 0 Å². The Hall–Kier alpha value is -1.48. The SMILES string of the molecule is CCCCOc1c(OC)ccc2c1CC=CCC2O. The number of unbranched alkanes of at least 4 members (excludes halogenated alkanes) is 1. The lowest BCUT2D eigenvalue weighted by Gasteiger charge is -2.19. The first-order chi connectivity index (χ1) is 9.27. The van der Waals surface area contributed by atoms with Crippen LogP contribution in [0.3, 0.4) is 0 Å². The number of fused-ring (bicyclic) bond motifs is 1. The van der Waals surface area contributed by atoms with E-state index in [1.54, 1.807) is 7.11 Å². The van der Waals surface area contributed by atoms with Crippen molar-refractivity contribution in [2.24, 2.45) is 0 Å². The Balaban J connectivity index is 2.36. The molecule has 0 fully saturated rings. The lowest BCUT2D eigenvalue weighted by Crippen LogP contribution is -2.06. The zero-order chi connectivity index (χ0) is 13.7. The summed E-state index contributed by atoms with van der Waals surface area (Å²) in [7, 11) is 1.65. The van der Waals surface area contributed by atoms with Gasteiger partial charge in [-0.3, -0.25) is 0 Å². The fourth-order valence-electron chi connectivity index (χ4n) is 2.34. The molecule has 0 saturated heterocycles. The molecule has 0 saturated carbocycles. The minimum Gasteiger partial charge on any atom is -0.493 e. The van der Waals surface area contributed by atoms with Gasteiger partial charge in [-0.05, 0) is 30.9 Å². The van der Waals surface area contributed by atoms with E-state index in [9.17, 15) is 5.11 Å². The second-order valence-corrected chi connectivity index (χ2v) is 4.79. The van der Waals surface area contributed by atoms with Crippen molar-refractivity contribution in [1.82, 2.24) is 0 Å². The molecule has 0 amide bonds. The number of hydrogen-bond donors (Lipinski definition) is 1. The first-order valence-electron chi connectivity index (χ1n) is 6.93. The van der Waals surface area contributed by atoms with Gasteiger partial charge in [0, 0.05) is 5.56 Å². The second-order valence-electron chi connectivity index (χ2n) is 4.79. The summed E-state index contributed by atoms with van der Waals surface area (Å²) < 4.78 is 11.3. The van der Waals surface area contributed by atoms with Crippen LogP contribution in [0.15, 0.2) is 24.3 Å². The van der Waals surface area contributed by atoms with Crippen LogP contribution in [-0.4, -0.2) is 18.8 Å². The van der Waals surface area contributed by atoms with Crippen LogP contribution in [-0.2, 0) is 6.42 Å². The molecule has 0 heterocycles. The van der Waals surface area contributed by atoms with Crippen LogP contribution < -0.4 is 9.47 Å². The van der Waals surface area contributed by atoms with Crippen LogP contribution in [0.5, 0.6) is 11.5 Å². The van der Waals surface area contributed by atoms with E-state index < -0.39 is 6.10 Å². The molecule has 1 aliphatic rings. The Morgan fingerprint density at radius 3 is 2.89 bits per heavy atom. The zero-order valence-electron chi connectivity index (χ0n) is 11.7. The summed E-state index contributed by atoms with van der Waals surface area (Å²) in [6.45, 7) is 2.82. The van der Waals surface area contributed by atoms with E-state index in [1.807, 2.05) is 18.2 Å². The molecule has 0 spiro atoms. The van der Waals surface area contributed by atoms with E-state index in [0.717, 1.165) is 41.9 Å². The Morgan fingerprint density at radius 2 is 2.16 bits per heavy atom. The Labute approximate surface area is 114 Å². The van der Waals surface area contributed by atoms with Gasteiger partial charge >= 0.3 is 0 Å². The van der Waals surface area contributed by atoms with Gasteiger partial charge in [-0.15, -0.1) is 0 Å². The van der Waals surface area contributed by atoms with E-state index in [-0.39, 0.29) is 0 Å². The molecule has 1 atom stereocenters. The van der Waals surface area contributed by atoms with E-state index in [4.69, 9.17) is 9.47 Å². The van der Waals surface area contributed by atoms with Crippen molar-refractivity contribution in [2.75, 3.05) is 13.7 Å². The number of benzene rings is 1. The second kappa shape index (κ2) is 6.62. The molecule has 1 N–H and O–H groups in total. The molecule has 3 heteroatoms. The van der Waals surface area contributed by atoms with Gasteiger partial charge in [0.15, 0.2) is 11.5 Å². The maximum atomic E-state index is 10.2. The summed E-state index contributed by atoms with van der Waals surface area (Å²) in [5, 5.41) is 10.2. The van der Waals surface area contributed by atoms with E-state index in [2.05, 4.69) is 13.0 Å². The van der Waals surface area contributed by atoms with Crippen molar-refractivity contribution < 1.29 is 14.6 Å². The molecule has 3 nitrogen and oxygen atoms in total. The quantitative estimate of drug-likeness (QED) is 0.653. The highest BCUT2D eigenvalue weighted by molar-refractivity contribution is 5.53. The molecule has 1 aromatic rings. The molecule has 0 aliphatic heterocycles. The largest absolute Gasteiger partial charge is 0.493 e. The van der Waals surface area contributed by atoms with Crippen molar-refractivity contribution in [3.05, 3.63) is 35.4 Å². The van der Waals surface area contributed by atoms with Crippen LogP contribution in [0.1, 0.15) is 43.4 Å². The number of allylic oxidation sites excluding steroid dienone is 1. The topological polar surface area (TPSA) is 38.7 Å². The average Bonchev–Trinajstić information content (AvgIpc) is 2.61. The van der Waals surface area contributed by atoms with Crippen molar-refractivity contribution in [1.29, 1.82) is 0 Å². The predicted octanol–water partition coefficient (Wildman–Crippen LogP) is 3.41. The summed E-state index contributed by atoms with van der Waals surface area (Å²) in [6, 6.07) is 3.83. The molecule has 2 rings (SSSR count). The van der Waals surface area contributed by atoms with E-state index >= 15 is 0 Å². The maximum absolute atomic E-state index is 10.2. The van der Waals surface area contributed by atoms with Gasteiger partial charge in [-0.25, -0.2) is 0 Å². The third-order valence-corrected chi connectivity index (χ3v) is 3.43. The Kier molecular flexibility index (Phi) is 4.86. The molecule has 1 aromatic carbocycles. The van der Waals surface area contributed by atoms with Crippen molar-refractivity contribution >= 4 is 0 Å². The van der Waals surface area contributed by atoms with Crippen LogP contribution in [0.25, 0.3) is 0 Å². The molecule has 104 valence electrons. The Bertz CT molecular complexity index is 452. The first-order valence-corrected chi connectivity index (χ1v) is 6.93. The summed E-state index contributed by atoms with van der Waals surface area (Å²) >= 11 is 0. The fraction of sp³-hybridized carbons (Fsp3) is 0.500. The zero-order valence-corrected chi connectivity index (χ0v) is 11.7. The third-order valence-electron chi connectivity index (χ3n) is 3.43. The van der Waals surface area contributed by atoms with Crippen molar-refractivity contribution in [2.45, 2.75) is 38.7 Å². The number of hydrogen-bond acceptors (Lipinski definition) is 3. The molecule has 0 radical (unpaired) electrons. The number of ether oxygens (including phenoxy) is 2. The first kappa shape index (κ1) is 13.9.